The highest BCUT2D eigenvalue weighted by Crippen LogP contribution is 2.30. The van der Waals surface area contributed by atoms with Crippen molar-refractivity contribution in [3.05, 3.63) is 59.9 Å². The van der Waals surface area contributed by atoms with Gasteiger partial charge in [-0.05, 0) is 76.4 Å². The SMILES string of the molecule is CN(C)CCc1c[nH]c2cccc(OC(=O)CCOCCOCCOCCC(=O)Oc3cccc4[nH]cc(CCN(C)C)c34)c12. The smallest absolute Gasteiger partial charge is 0.313 e. The van der Waals surface area contributed by atoms with Crippen LogP contribution >= 0.6 is 0 Å². The van der Waals surface area contributed by atoms with Gasteiger partial charge in [0, 0.05) is 47.3 Å². The molecule has 2 N–H and O–H groups in total. The molecule has 45 heavy (non-hydrogen) atoms. The number of H-pyrrole nitrogens is 2. The Hall–Kier alpha value is -3.74. The van der Waals surface area contributed by atoms with Gasteiger partial charge in [0.2, 0.25) is 0 Å². The summed E-state index contributed by atoms with van der Waals surface area (Å²) in [4.78, 5) is 35.7. The number of aromatic nitrogens is 2. The van der Waals surface area contributed by atoms with Crippen LogP contribution in [0, 0.1) is 0 Å². The standard InChI is InChI=1S/C34H46N4O7/c1-37(2)15-11-25-23-35-27-7-5-9-29(33(25)27)44-31(39)13-17-41-19-21-43-22-20-42-18-14-32(40)45-30-10-6-8-28-34(30)26(24-36-28)12-16-38(3)4/h5-10,23-24,35-36H,11-22H2,1-4H3. The summed E-state index contributed by atoms with van der Waals surface area (Å²) in [6.45, 7) is 3.72. The normalized spacial score (nSPS) is 11.7. The number of hydrogen-bond donors (Lipinski definition) is 2. The van der Waals surface area contributed by atoms with Crippen molar-refractivity contribution in [2.24, 2.45) is 0 Å². The van der Waals surface area contributed by atoms with Gasteiger partial charge < -0.3 is 43.5 Å². The average molecular weight is 623 g/mol. The van der Waals surface area contributed by atoms with Gasteiger partial charge in [-0.25, -0.2) is 0 Å². The maximum Gasteiger partial charge on any atom is 0.313 e. The fourth-order valence-corrected chi connectivity index (χ4v) is 4.89. The Kier molecular flexibility index (Phi) is 13.4. The third kappa shape index (κ3) is 10.7. The van der Waals surface area contributed by atoms with Crippen molar-refractivity contribution in [1.82, 2.24) is 19.8 Å². The van der Waals surface area contributed by atoms with Crippen LogP contribution in [0.2, 0.25) is 0 Å². The molecule has 0 spiro atoms. The van der Waals surface area contributed by atoms with Crippen molar-refractivity contribution >= 4 is 33.7 Å². The highest BCUT2D eigenvalue weighted by Gasteiger charge is 2.15. The number of rotatable bonds is 20. The highest BCUT2D eigenvalue weighted by molar-refractivity contribution is 5.92. The Morgan fingerprint density at radius 2 is 1.00 bits per heavy atom. The number of ether oxygens (including phenoxy) is 5. The van der Waals surface area contributed by atoms with Crippen LogP contribution in [0.3, 0.4) is 0 Å². The molecule has 2 aromatic carbocycles. The first kappa shape index (κ1) is 34.1. The average Bonchev–Trinajstić information content (AvgIpc) is 3.63. The first-order valence-corrected chi connectivity index (χ1v) is 15.4. The number of fused-ring (bicyclic) bond motifs is 2. The molecule has 2 heterocycles. The summed E-state index contributed by atoms with van der Waals surface area (Å²) in [7, 11) is 8.13. The highest BCUT2D eigenvalue weighted by atomic mass is 16.6. The minimum absolute atomic E-state index is 0.142. The van der Waals surface area contributed by atoms with Gasteiger partial charge in [0.05, 0.1) is 52.5 Å². The third-order valence-electron chi connectivity index (χ3n) is 7.25. The molecule has 11 heteroatoms. The zero-order chi connectivity index (χ0) is 32.0. The number of nitrogens with one attached hydrogen (secondary N) is 2. The van der Waals surface area contributed by atoms with Crippen LogP contribution in [-0.2, 0) is 36.6 Å². The second-order valence-corrected chi connectivity index (χ2v) is 11.4. The van der Waals surface area contributed by atoms with Crippen LogP contribution in [0.25, 0.3) is 21.8 Å². The summed E-state index contributed by atoms with van der Waals surface area (Å²) in [5.41, 5.74) is 4.13. The van der Waals surface area contributed by atoms with Crippen molar-refractivity contribution in [3.63, 3.8) is 0 Å². The minimum Gasteiger partial charge on any atom is -0.426 e. The number of nitrogens with zero attached hydrogens (tertiary/aromatic N) is 2. The second kappa shape index (κ2) is 17.7. The molecule has 0 bridgehead atoms. The van der Waals surface area contributed by atoms with E-state index in [0.717, 1.165) is 58.9 Å². The zero-order valence-corrected chi connectivity index (χ0v) is 26.9. The van der Waals surface area contributed by atoms with Crippen LogP contribution < -0.4 is 9.47 Å². The molecule has 0 saturated heterocycles. The van der Waals surface area contributed by atoms with Gasteiger partial charge >= 0.3 is 11.9 Å². The molecule has 0 amide bonds. The quantitative estimate of drug-likeness (QED) is 0.0850. The molecule has 244 valence electrons. The Balaban J connectivity index is 1.05. The van der Waals surface area contributed by atoms with E-state index in [9.17, 15) is 9.59 Å². The lowest BCUT2D eigenvalue weighted by Crippen LogP contribution is -2.16. The van der Waals surface area contributed by atoms with E-state index in [1.807, 2.05) is 77.0 Å². The third-order valence-corrected chi connectivity index (χ3v) is 7.25. The van der Waals surface area contributed by atoms with Crippen molar-refractivity contribution in [3.8, 4) is 11.5 Å². The van der Waals surface area contributed by atoms with Gasteiger partial charge in [-0.15, -0.1) is 0 Å². The van der Waals surface area contributed by atoms with Crippen LogP contribution in [0.15, 0.2) is 48.8 Å². The molecular weight excluding hydrogens is 576 g/mol. The predicted octanol–water partition coefficient (Wildman–Crippen LogP) is 4.20. The Morgan fingerprint density at radius 1 is 0.600 bits per heavy atom. The lowest BCUT2D eigenvalue weighted by atomic mass is 10.1. The number of likely N-dealkylation sites (N-methyl/N-ethyl adjacent to an activating group) is 2. The number of hydrogen-bond acceptors (Lipinski definition) is 9. The van der Waals surface area contributed by atoms with E-state index in [2.05, 4.69) is 19.8 Å². The van der Waals surface area contributed by atoms with E-state index in [4.69, 9.17) is 23.7 Å². The van der Waals surface area contributed by atoms with Gasteiger partial charge in [-0.3, -0.25) is 9.59 Å². The molecule has 0 aliphatic rings. The number of aromatic amines is 2. The van der Waals surface area contributed by atoms with Gasteiger partial charge in [-0.2, -0.15) is 0 Å². The van der Waals surface area contributed by atoms with Crippen LogP contribution in [-0.4, -0.2) is 113 Å². The maximum atomic E-state index is 12.4. The minimum atomic E-state index is -0.343. The first-order chi connectivity index (χ1) is 21.8. The van der Waals surface area contributed by atoms with Crippen molar-refractivity contribution in [2.75, 3.05) is 80.9 Å². The lowest BCUT2D eigenvalue weighted by Gasteiger charge is -2.11. The van der Waals surface area contributed by atoms with Crippen LogP contribution in [0.4, 0.5) is 0 Å². The van der Waals surface area contributed by atoms with Gasteiger partial charge in [0.1, 0.15) is 11.5 Å². The summed E-state index contributed by atoms with van der Waals surface area (Å²) in [5, 5.41) is 1.89. The Bertz CT molecular complexity index is 1400. The number of esters is 2. The molecule has 0 radical (unpaired) electrons. The van der Waals surface area contributed by atoms with Crippen molar-refractivity contribution in [2.45, 2.75) is 25.7 Å². The summed E-state index contributed by atoms with van der Waals surface area (Å²) < 4.78 is 27.9. The summed E-state index contributed by atoms with van der Waals surface area (Å²) in [5.74, 6) is 0.438. The van der Waals surface area contributed by atoms with Gasteiger partial charge in [0.25, 0.3) is 0 Å². The number of carbonyl (C=O) groups is 2. The fraction of sp³-hybridized carbons (Fsp3) is 0.471. The number of carbonyl (C=O) groups excluding carboxylic acids is 2. The van der Waals surface area contributed by atoms with E-state index in [1.165, 1.54) is 0 Å². The largest absolute Gasteiger partial charge is 0.426 e. The summed E-state index contributed by atoms with van der Waals surface area (Å²) in [6, 6.07) is 11.3. The van der Waals surface area contributed by atoms with Crippen LogP contribution in [0.1, 0.15) is 24.0 Å². The molecule has 11 nitrogen and oxygen atoms in total. The second-order valence-electron chi connectivity index (χ2n) is 11.4. The molecule has 2 aromatic heterocycles. The van der Waals surface area contributed by atoms with E-state index in [1.54, 1.807) is 0 Å². The molecule has 0 saturated carbocycles. The van der Waals surface area contributed by atoms with Gasteiger partial charge in [-0.1, -0.05) is 12.1 Å². The molecule has 0 fully saturated rings. The molecule has 0 atom stereocenters. The molecule has 0 aliphatic heterocycles. The summed E-state index contributed by atoms with van der Waals surface area (Å²) in [6.07, 6.45) is 5.94. The van der Waals surface area contributed by atoms with Crippen LogP contribution in [0.5, 0.6) is 11.5 Å². The van der Waals surface area contributed by atoms with E-state index < -0.39 is 0 Å². The maximum absolute atomic E-state index is 12.4. The molecule has 4 aromatic rings. The molecule has 0 aliphatic carbocycles. The van der Waals surface area contributed by atoms with Crippen molar-refractivity contribution in [1.29, 1.82) is 0 Å². The van der Waals surface area contributed by atoms with Crippen molar-refractivity contribution < 1.29 is 33.3 Å². The Labute approximate surface area is 264 Å². The molecule has 4 rings (SSSR count). The molecule has 0 unspecified atom stereocenters. The number of benzene rings is 2. The Morgan fingerprint density at radius 3 is 1.40 bits per heavy atom. The monoisotopic (exact) mass is 622 g/mol. The molecular formula is C34H46N4O7. The zero-order valence-electron chi connectivity index (χ0n) is 26.9. The van der Waals surface area contributed by atoms with E-state index in [0.29, 0.717) is 37.9 Å². The van der Waals surface area contributed by atoms with E-state index >= 15 is 0 Å². The van der Waals surface area contributed by atoms with E-state index in [-0.39, 0.29) is 38.0 Å². The summed E-state index contributed by atoms with van der Waals surface area (Å²) >= 11 is 0. The lowest BCUT2D eigenvalue weighted by molar-refractivity contribution is -0.136. The predicted molar refractivity (Wildman–Crippen MR) is 174 cm³/mol. The fourth-order valence-electron chi connectivity index (χ4n) is 4.89. The first-order valence-electron chi connectivity index (χ1n) is 15.4. The topological polar surface area (TPSA) is 118 Å². The van der Waals surface area contributed by atoms with Gasteiger partial charge in [0.15, 0.2) is 0 Å².